The number of aliphatic hydroxyl groups excluding tert-OH is 1. The molecule has 22 heavy (non-hydrogen) atoms. The normalized spacial score (nSPS) is 22.1. The van der Waals surface area contributed by atoms with Gasteiger partial charge in [0, 0.05) is 30.1 Å². The zero-order valence-corrected chi connectivity index (χ0v) is 12.7. The van der Waals surface area contributed by atoms with Gasteiger partial charge in [0.25, 0.3) is 0 Å². The number of nitrogens with one attached hydrogen (secondary N) is 3. The lowest BCUT2D eigenvalue weighted by Gasteiger charge is -2.27. The van der Waals surface area contributed by atoms with E-state index in [1.54, 1.807) is 0 Å². The van der Waals surface area contributed by atoms with Crippen LogP contribution in [0.25, 0.3) is 0 Å². The van der Waals surface area contributed by atoms with Gasteiger partial charge in [0.15, 0.2) is 0 Å². The van der Waals surface area contributed by atoms with Gasteiger partial charge in [-0.15, -0.1) is 0 Å². The van der Waals surface area contributed by atoms with E-state index < -0.39 is 6.23 Å². The summed E-state index contributed by atoms with van der Waals surface area (Å²) >= 11 is 0. The molecule has 6 heteroatoms. The lowest BCUT2D eigenvalue weighted by atomic mass is 9.98. The maximum atomic E-state index is 11.5. The van der Waals surface area contributed by atoms with Crippen LogP contribution in [-0.2, 0) is 4.79 Å². The number of amides is 1. The number of aliphatic hydroxyl groups is 1. The SMILES string of the molecule is Cc1cccc2c1C(=NCCCNC(=O)C1CC1)NNC2O. The summed E-state index contributed by atoms with van der Waals surface area (Å²) < 4.78 is 0. The topological polar surface area (TPSA) is 85.8 Å². The van der Waals surface area contributed by atoms with Gasteiger partial charge in [0.2, 0.25) is 5.91 Å². The van der Waals surface area contributed by atoms with Crippen LogP contribution >= 0.6 is 0 Å². The molecule has 0 aromatic heterocycles. The molecule has 2 aliphatic rings. The minimum absolute atomic E-state index is 0.175. The highest BCUT2D eigenvalue weighted by Gasteiger charge is 2.29. The average molecular weight is 302 g/mol. The van der Waals surface area contributed by atoms with Gasteiger partial charge in [-0.25, -0.2) is 5.43 Å². The van der Waals surface area contributed by atoms with Gasteiger partial charge in [-0.3, -0.25) is 9.79 Å². The number of hydrogen-bond donors (Lipinski definition) is 4. The third kappa shape index (κ3) is 3.28. The number of benzene rings is 1. The van der Waals surface area contributed by atoms with E-state index in [-0.39, 0.29) is 11.8 Å². The molecular formula is C16H22N4O2. The number of rotatable bonds is 5. The smallest absolute Gasteiger partial charge is 0.223 e. The van der Waals surface area contributed by atoms with Crippen LogP contribution in [-0.4, -0.2) is 29.9 Å². The molecule has 0 radical (unpaired) electrons. The van der Waals surface area contributed by atoms with E-state index in [1.165, 1.54) is 0 Å². The van der Waals surface area contributed by atoms with Crippen molar-refractivity contribution in [2.24, 2.45) is 10.9 Å². The molecule has 1 heterocycles. The number of nitrogens with zero attached hydrogens (tertiary/aromatic N) is 1. The number of carbonyl (C=O) groups is 1. The minimum Gasteiger partial charge on any atom is -0.373 e. The van der Waals surface area contributed by atoms with E-state index in [9.17, 15) is 9.90 Å². The van der Waals surface area contributed by atoms with Gasteiger partial charge >= 0.3 is 0 Å². The second-order valence-electron chi connectivity index (χ2n) is 5.86. The number of hydrogen-bond acceptors (Lipinski definition) is 4. The molecule has 6 nitrogen and oxygen atoms in total. The Hall–Kier alpha value is -1.92. The highest BCUT2D eigenvalue weighted by molar-refractivity contribution is 6.02. The van der Waals surface area contributed by atoms with E-state index in [4.69, 9.17) is 0 Å². The summed E-state index contributed by atoms with van der Waals surface area (Å²) in [5.74, 6) is 1.17. The van der Waals surface area contributed by atoms with Crippen molar-refractivity contribution in [2.75, 3.05) is 13.1 Å². The van der Waals surface area contributed by atoms with Gasteiger partial charge in [-0.1, -0.05) is 18.2 Å². The van der Waals surface area contributed by atoms with Crippen molar-refractivity contribution in [1.29, 1.82) is 0 Å². The maximum Gasteiger partial charge on any atom is 0.223 e. The van der Waals surface area contributed by atoms with Gasteiger partial charge in [0.1, 0.15) is 12.1 Å². The third-order valence-corrected chi connectivity index (χ3v) is 4.02. The fraction of sp³-hybridized carbons (Fsp3) is 0.500. The van der Waals surface area contributed by atoms with Crippen molar-refractivity contribution in [2.45, 2.75) is 32.4 Å². The van der Waals surface area contributed by atoms with Crippen LogP contribution in [0.2, 0.25) is 0 Å². The number of aliphatic imine (C=N–C) groups is 1. The molecule has 0 spiro atoms. The first-order chi connectivity index (χ1) is 10.7. The Morgan fingerprint density at radius 1 is 1.45 bits per heavy atom. The molecule has 0 bridgehead atoms. The quantitative estimate of drug-likeness (QED) is 0.605. The van der Waals surface area contributed by atoms with Crippen LogP contribution in [0.1, 0.15) is 42.2 Å². The lowest BCUT2D eigenvalue weighted by Crippen LogP contribution is -2.46. The van der Waals surface area contributed by atoms with Crippen molar-refractivity contribution in [3.63, 3.8) is 0 Å². The second-order valence-corrected chi connectivity index (χ2v) is 5.86. The van der Waals surface area contributed by atoms with Crippen molar-refractivity contribution in [3.8, 4) is 0 Å². The standard InChI is InChI=1S/C16H22N4O2/c1-10-4-2-5-12-13(10)14(19-20-16(12)22)17-8-3-9-18-15(21)11-6-7-11/h2,4-5,11,16,20,22H,3,6-9H2,1H3,(H,17,19)(H,18,21). The fourth-order valence-corrected chi connectivity index (χ4v) is 2.61. The summed E-state index contributed by atoms with van der Waals surface area (Å²) in [4.78, 5) is 16.1. The number of fused-ring (bicyclic) bond motifs is 1. The summed E-state index contributed by atoms with van der Waals surface area (Å²) in [6.45, 7) is 3.28. The highest BCUT2D eigenvalue weighted by Crippen LogP contribution is 2.28. The van der Waals surface area contributed by atoms with E-state index in [2.05, 4.69) is 21.2 Å². The number of hydrazine groups is 1. The molecule has 1 saturated carbocycles. The van der Waals surface area contributed by atoms with Crippen molar-refractivity contribution >= 4 is 11.7 Å². The van der Waals surface area contributed by atoms with Crippen LogP contribution in [0.5, 0.6) is 0 Å². The Balaban J connectivity index is 1.58. The highest BCUT2D eigenvalue weighted by atomic mass is 16.3. The average Bonchev–Trinajstić information content (AvgIpc) is 3.34. The predicted octanol–water partition coefficient (Wildman–Crippen LogP) is 0.757. The Bertz CT molecular complexity index is 596. The molecular weight excluding hydrogens is 280 g/mol. The number of aryl methyl sites for hydroxylation is 1. The number of amidine groups is 1. The zero-order valence-electron chi connectivity index (χ0n) is 12.7. The molecule has 0 saturated heterocycles. The first-order valence-electron chi connectivity index (χ1n) is 7.78. The number of carbonyl (C=O) groups excluding carboxylic acids is 1. The molecule has 1 atom stereocenters. The Morgan fingerprint density at radius 2 is 2.27 bits per heavy atom. The Morgan fingerprint density at radius 3 is 3.05 bits per heavy atom. The molecule has 1 aliphatic heterocycles. The molecule has 1 aromatic carbocycles. The molecule has 1 fully saturated rings. The lowest BCUT2D eigenvalue weighted by molar-refractivity contribution is -0.122. The van der Waals surface area contributed by atoms with Crippen molar-refractivity contribution in [3.05, 3.63) is 34.9 Å². The monoisotopic (exact) mass is 302 g/mol. The largest absolute Gasteiger partial charge is 0.373 e. The Labute approximate surface area is 130 Å². The molecule has 3 rings (SSSR count). The third-order valence-electron chi connectivity index (χ3n) is 4.02. The minimum atomic E-state index is -0.730. The van der Waals surface area contributed by atoms with Crippen LogP contribution in [0.15, 0.2) is 23.2 Å². The summed E-state index contributed by atoms with van der Waals surface area (Å²) in [6, 6.07) is 5.82. The van der Waals surface area contributed by atoms with Crippen molar-refractivity contribution in [1.82, 2.24) is 16.2 Å². The molecule has 1 unspecified atom stereocenters. The van der Waals surface area contributed by atoms with Crippen LogP contribution in [0.4, 0.5) is 0 Å². The molecule has 4 N–H and O–H groups in total. The van der Waals surface area contributed by atoms with E-state index in [0.717, 1.165) is 41.8 Å². The Kier molecular flexibility index (Phi) is 4.40. The zero-order chi connectivity index (χ0) is 15.5. The van der Waals surface area contributed by atoms with E-state index in [1.807, 2.05) is 25.1 Å². The van der Waals surface area contributed by atoms with E-state index >= 15 is 0 Å². The molecule has 118 valence electrons. The molecule has 1 amide bonds. The summed E-state index contributed by atoms with van der Waals surface area (Å²) in [5, 5.41) is 12.9. The first-order valence-corrected chi connectivity index (χ1v) is 7.78. The summed E-state index contributed by atoms with van der Waals surface area (Å²) in [5.41, 5.74) is 8.62. The molecule has 1 aliphatic carbocycles. The van der Waals surface area contributed by atoms with Gasteiger partial charge in [0.05, 0.1) is 0 Å². The first kappa shape index (κ1) is 15.0. The van der Waals surface area contributed by atoms with Gasteiger partial charge < -0.3 is 15.8 Å². The molecule has 1 aromatic rings. The second kappa shape index (κ2) is 6.46. The van der Waals surface area contributed by atoms with Crippen molar-refractivity contribution < 1.29 is 9.90 Å². The van der Waals surface area contributed by atoms with Gasteiger partial charge in [-0.2, -0.15) is 0 Å². The fourth-order valence-electron chi connectivity index (χ4n) is 2.61. The van der Waals surface area contributed by atoms with Crippen LogP contribution in [0, 0.1) is 12.8 Å². The predicted molar refractivity (Wildman–Crippen MR) is 84.2 cm³/mol. The summed E-state index contributed by atoms with van der Waals surface area (Å²) in [7, 11) is 0. The van der Waals surface area contributed by atoms with Gasteiger partial charge in [-0.05, 0) is 31.7 Å². The van der Waals surface area contributed by atoms with E-state index in [0.29, 0.717) is 13.1 Å². The van der Waals surface area contributed by atoms with Crippen LogP contribution in [0.3, 0.4) is 0 Å². The maximum absolute atomic E-state index is 11.5. The van der Waals surface area contributed by atoms with Crippen LogP contribution < -0.4 is 16.2 Å². The summed E-state index contributed by atoms with van der Waals surface area (Å²) in [6.07, 6.45) is 2.13.